The molecule has 3 aromatic rings. The van der Waals surface area contributed by atoms with Crippen molar-refractivity contribution in [3.05, 3.63) is 93.5 Å². The molecule has 0 fully saturated rings. The van der Waals surface area contributed by atoms with E-state index in [-0.39, 0.29) is 30.3 Å². The van der Waals surface area contributed by atoms with Gasteiger partial charge in [-0.3, -0.25) is 13.9 Å². The molecular weight excluding hydrogens is 597 g/mol. The number of nitrogens with one attached hydrogen (secondary N) is 1. The van der Waals surface area contributed by atoms with Crippen LogP contribution < -0.4 is 14.4 Å². The fraction of sp³-hybridized carbons (Fsp3) is 0.355. The molecule has 226 valence electrons. The van der Waals surface area contributed by atoms with Crippen LogP contribution in [0.25, 0.3) is 0 Å². The third-order valence-corrected chi connectivity index (χ3v) is 8.12. The Labute approximate surface area is 258 Å². The van der Waals surface area contributed by atoms with Crippen LogP contribution in [-0.2, 0) is 32.6 Å². The maximum Gasteiger partial charge on any atom is 0.244 e. The smallest absolute Gasteiger partial charge is 0.244 e. The summed E-state index contributed by atoms with van der Waals surface area (Å²) in [6.07, 6.45) is 1.21. The summed E-state index contributed by atoms with van der Waals surface area (Å²) in [7, 11) is -2.53. The first-order chi connectivity index (χ1) is 19.6. The van der Waals surface area contributed by atoms with Gasteiger partial charge in [0.1, 0.15) is 18.3 Å². The Kier molecular flexibility index (Phi) is 10.9. The van der Waals surface area contributed by atoms with Crippen LogP contribution in [0.5, 0.6) is 5.75 Å². The molecule has 0 saturated carbocycles. The van der Waals surface area contributed by atoms with Gasteiger partial charge in [-0.2, -0.15) is 0 Å². The lowest BCUT2D eigenvalue weighted by Gasteiger charge is -2.35. The summed E-state index contributed by atoms with van der Waals surface area (Å²) < 4.78 is 32.6. The van der Waals surface area contributed by atoms with E-state index in [4.69, 9.17) is 27.9 Å². The molecule has 11 heteroatoms. The van der Waals surface area contributed by atoms with E-state index >= 15 is 0 Å². The van der Waals surface area contributed by atoms with E-state index in [1.165, 1.54) is 12.0 Å². The molecule has 1 unspecified atom stereocenters. The number of benzene rings is 3. The molecule has 0 radical (unpaired) electrons. The second-order valence-corrected chi connectivity index (χ2v) is 13.9. The molecule has 8 nitrogen and oxygen atoms in total. The van der Waals surface area contributed by atoms with Crippen LogP contribution in [0.3, 0.4) is 0 Å². The minimum atomic E-state index is -3.95. The lowest BCUT2D eigenvalue weighted by atomic mass is 10.0. The van der Waals surface area contributed by atoms with E-state index in [1.807, 2.05) is 58.0 Å². The van der Waals surface area contributed by atoms with Gasteiger partial charge in [0, 0.05) is 28.5 Å². The molecular formula is C31H37Cl2N3O5S. The van der Waals surface area contributed by atoms with E-state index in [2.05, 4.69) is 5.32 Å². The second-order valence-electron chi connectivity index (χ2n) is 11.1. The predicted octanol–water partition coefficient (Wildman–Crippen LogP) is 5.63. The molecule has 1 N–H and O–H groups in total. The number of hydrogen-bond acceptors (Lipinski definition) is 5. The van der Waals surface area contributed by atoms with Gasteiger partial charge in [-0.05, 0) is 68.7 Å². The first kappa shape index (κ1) is 33.2. The number of methoxy groups -OCH3 is 1. The number of nitrogens with zero attached hydrogens (tertiary/aromatic N) is 2. The quantitative estimate of drug-likeness (QED) is 0.295. The predicted molar refractivity (Wildman–Crippen MR) is 169 cm³/mol. The zero-order valence-corrected chi connectivity index (χ0v) is 27.0. The zero-order valence-electron chi connectivity index (χ0n) is 24.6. The lowest BCUT2D eigenvalue weighted by Crippen LogP contribution is -2.56. The molecule has 2 amide bonds. The van der Waals surface area contributed by atoms with Crippen molar-refractivity contribution >= 4 is 50.7 Å². The third-order valence-electron chi connectivity index (χ3n) is 6.41. The van der Waals surface area contributed by atoms with Crippen LogP contribution in [0.15, 0.2) is 66.7 Å². The summed E-state index contributed by atoms with van der Waals surface area (Å²) in [4.78, 5) is 29.5. The van der Waals surface area contributed by atoms with Crippen molar-refractivity contribution in [2.24, 2.45) is 0 Å². The highest BCUT2D eigenvalue weighted by Gasteiger charge is 2.35. The maximum absolute atomic E-state index is 14.3. The third kappa shape index (κ3) is 9.11. The molecule has 42 heavy (non-hydrogen) atoms. The normalized spacial score (nSPS) is 12.4. The lowest BCUT2D eigenvalue weighted by molar-refractivity contribution is -0.140. The summed E-state index contributed by atoms with van der Waals surface area (Å²) in [5.41, 5.74) is 1.79. The monoisotopic (exact) mass is 633 g/mol. The molecule has 3 rings (SSSR count). The molecule has 0 spiro atoms. The van der Waals surface area contributed by atoms with Gasteiger partial charge in [0.15, 0.2) is 0 Å². The number of amides is 2. The molecule has 3 aromatic carbocycles. The number of sulfonamides is 1. The number of anilines is 1. The van der Waals surface area contributed by atoms with Crippen LogP contribution in [0.1, 0.15) is 37.5 Å². The average molecular weight is 635 g/mol. The molecule has 0 heterocycles. The van der Waals surface area contributed by atoms with E-state index in [0.717, 1.165) is 21.7 Å². The number of hydrogen-bond donors (Lipinski definition) is 1. The Morgan fingerprint density at radius 2 is 1.67 bits per heavy atom. The van der Waals surface area contributed by atoms with Gasteiger partial charge in [-0.25, -0.2) is 8.42 Å². The first-order valence-corrected chi connectivity index (χ1v) is 15.9. The van der Waals surface area contributed by atoms with Gasteiger partial charge in [0.25, 0.3) is 0 Å². The highest BCUT2D eigenvalue weighted by atomic mass is 35.5. The van der Waals surface area contributed by atoms with Crippen molar-refractivity contribution in [3.63, 3.8) is 0 Å². The molecule has 0 aliphatic rings. The van der Waals surface area contributed by atoms with Crippen molar-refractivity contribution in [3.8, 4) is 5.75 Å². The molecule has 0 aromatic heterocycles. The molecule has 0 aliphatic carbocycles. The molecule has 0 saturated heterocycles. The minimum absolute atomic E-state index is 0.0630. The van der Waals surface area contributed by atoms with E-state index in [1.54, 1.807) is 36.4 Å². The van der Waals surface area contributed by atoms with Gasteiger partial charge in [-0.1, -0.05) is 65.7 Å². The van der Waals surface area contributed by atoms with Crippen molar-refractivity contribution in [2.75, 3.05) is 24.2 Å². The summed E-state index contributed by atoms with van der Waals surface area (Å²) in [6, 6.07) is 18.3. The number of rotatable bonds is 11. The standard InChI is InChI=1S/C31H37Cl2N3O5S/c1-21-12-15-28(41-5)26(16-21)36(42(6,39)40)20-29(37)35(19-23-13-14-24(32)18-25(23)33)27(30(38)34-31(2,3)4)17-22-10-8-7-9-11-22/h7-16,18,27H,17,19-20H2,1-6H3,(H,34,38). The molecule has 0 aliphatic heterocycles. The van der Waals surface area contributed by atoms with E-state index in [9.17, 15) is 18.0 Å². The van der Waals surface area contributed by atoms with Gasteiger partial charge in [-0.15, -0.1) is 0 Å². The summed E-state index contributed by atoms with van der Waals surface area (Å²) in [5, 5.41) is 3.72. The Hall–Kier alpha value is -3.27. The fourth-order valence-corrected chi connectivity index (χ4v) is 5.74. The van der Waals surface area contributed by atoms with E-state index in [0.29, 0.717) is 15.6 Å². The van der Waals surface area contributed by atoms with Crippen LogP contribution in [-0.4, -0.2) is 56.6 Å². The van der Waals surface area contributed by atoms with Crippen LogP contribution in [0.2, 0.25) is 10.0 Å². The number of aryl methyl sites for hydroxylation is 1. The summed E-state index contributed by atoms with van der Waals surface area (Å²) >= 11 is 12.6. The Balaban J connectivity index is 2.15. The first-order valence-electron chi connectivity index (χ1n) is 13.3. The van der Waals surface area contributed by atoms with Gasteiger partial charge in [0.05, 0.1) is 19.1 Å². The Bertz CT molecular complexity index is 1530. The largest absolute Gasteiger partial charge is 0.495 e. The summed E-state index contributed by atoms with van der Waals surface area (Å²) in [5.74, 6) is -0.693. The topological polar surface area (TPSA) is 96.0 Å². The number of carbonyl (C=O) groups is 2. The zero-order chi connectivity index (χ0) is 31.2. The van der Waals surface area contributed by atoms with Crippen molar-refractivity contribution in [2.45, 2.75) is 52.2 Å². The van der Waals surface area contributed by atoms with Gasteiger partial charge in [0.2, 0.25) is 21.8 Å². The van der Waals surface area contributed by atoms with Crippen molar-refractivity contribution in [1.29, 1.82) is 0 Å². The average Bonchev–Trinajstić information content (AvgIpc) is 2.89. The maximum atomic E-state index is 14.3. The molecule has 0 bridgehead atoms. The molecule has 1 atom stereocenters. The number of ether oxygens (including phenoxy) is 1. The van der Waals surface area contributed by atoms with Crippen LogP contribution in [0, 0.1) is 6.92 Å². The second kappa shape index (κ2) is 13.8. The Morgan fingerprint density at radius 3 is 2.24 bits per heavy atom. The van der Waals surface area contributed by atoms with Crippen molar-refractivity contribution in [1.82, 2.24) is 10.2 Å². The highest BCUT2D eigenvalue weighted by Crippen LogP contribution is 2.32. The number of carbonyl (C=O) groups excluding carboxylic acids is 2. The van der Waals surface area contributed by atoms with Gasteiger partial charge < -0.3 is 15.0 Å². The summed E-state index contributed by atoms with van der Waals surface area (Å²) in [6.45, 7) is 6.73. The van der Waals surface area contributed by atoms with Crippen LogP contribution in [0.4, 0.5) is 5.69 Å². The highest BCUT2D eigenvalue weighted by molar-refractivity contribution is 7.92. The van der Waals surface area contributed by atoms with E-state index < -0.39 is 34.1 Å². The van der Waals surface area contributed by atoms with Gasteiger partial charge >= 0.3 is 0 Å². The fourth-order valence-electron chi connectivity index (χ4n) is 4.43. The Morgan fingerprint density at radius 1 is 1.00 bits per heavy atom. The van der Waals surface area contributed by atoms with Crippen molar-refractivity contribution < 1.29 is 22.7 Å². The SMILES string of the molecule is COc1ccc(C)cc1N(CC(=O)N(Cc1ccc(Cl)cc1Cl)C(Cc1ccccc1)C(=O)NC(C)(C)C)S(C)(=O)=O. The minimum Gasteiger partial charge on any atom is -0.495 e. The number of halogens is 2. The van der Waals surface area contributed by atoms with Crippen LogP contribution >= 0.6 is 23.2 Å².